The Morgan fingerprint density at radius 1 is 1.47 bits per heavy atom. The van der Waals surface area contributed by atoms with Crippen molar-refractivity contribution in [3.8, 4) is 0 Å². The Hall–Kier alpha value is -1.62. The molecule has 1 aliphatic heterocycles. The second kappa shape index (κ2) is 5.57. The molecule has 1 aliphatic rings. The van der Waals surface area contributed by atoms with Crippen LogP contribution in [0.2, 0.25) is 0 Å². The molecule has 5 heteroatoms. The average Bonchev–Trinajstić information content (AvgIpc) is 2.38. The van der Waals surface area contributed by atoms with Gasteiger partial charge in [-0.05, 0) is 36.5 Å². The largest absolute Gasteiger partial charge is 0.478 e. The number of hydrogen-bond acceptors (Lipinski definition) is 3. The SMILES string of the molecule is CC1(CNc2ccc(C(=O)O)cc2F)CCOCC1. The summed E-state index contributed by atoms with van der Waals surface area (Å²) in [6, 6.07) is 3.92. The third-order valence-corrected chi connectivity index (χ3v) is 3.62. The Kier molecular flexibility index (Phi) is 4.04. The fourth-order valence-corrected chi connectivity index (χ4v) is 2.14. The summed E-state index contributed by atoms with van der Waals surface area (Å²) in [5.74, 6) is -1.66. The maximum Gasteiger partial charge on any atom is 0.335 e. The van der Waals surface area contributed by atoms with Crippen molar-refractivity contribution in [3.05, 3.63) is 29.6 Å². The quantitative estimate of drug-likeness (QED) is 0.880. The first-order valence-corrected chi connectivity index (χ1v) is 6.35. The molecule has 0 amide bonds. The molecule has 19 heavy (non-hydrogen) atoms. The lowest BCUT2D eigenvalue weighted by molar-refractivity contribution is 0.0300. The molecule has 1 fully saturated rings. The van der Waals surface area contributed by atoms with E-state index in [1.807, 2.05) is 0 Å². The summed E-state index contributed by atoms with van der Waals surface area (Å²) in [5.41, 5.74) is 0.397. The molecule has 1 heterocycles. The highest BCUT2D eigenvalue weighted by molar-refractivity contribution is 5.88. The van der Waals surface area contributed by atoms with Crippen LogP contribution in [-0.4, -0.2) is 30.8 Å². The number of nitrogens with one attached hydrogen (secondary N) is 1. The normalized spacial score (nSPS) is 18.0. The second-order valence-electron chi connectivity index (χ2n) is 5.28. The molecule has 1 aromatic rings. The Morgan fingerprint density at radius 2 is 2.16 bits per heavy atom. The van der Waals surface area contributed by atoms with Crippen molar-refractivity contribution in [2.45, 2.75) is 19.8 Å². The van der Waals surface area contributed by atoms with Crippen LogP contribution < -0.4 is 5.32 Å². The van der Waals surface area contributed by atoms with Crippen LogP contribution >= 0.6 is 0 Å². The van der Waals surface area contributed by atoms with Crippen molar-refractivity contribution in [3.63, 3.8) is 0 Å². The molecule has 2 rings (SSSR count). The van der Waals surface area contributed by atoms with Gasteiger partial charge in [0.1, 0.15) is 5.82 Å². The van der Waals surface area contributed by atoms with E-state index in [-0.39, 0.29) is 11.0 Å². The minimum Gasteiger partial charge on any atom is -0.478 e. The van der Waals surface area contributed by atoms with Gasteiger partial charge in [-0.3, -0.25) is 0 Å². The van der Waals surface area contributed by atoms with E-state index in [2.05, 4.69) is 12.2 Å². The molecule has 0 saturated carbocycles. The van der Waals surface area contributed by atoms with Crippen LogP contribution in [0.4, 0.5) is 10.1 Å². The highest BCUT2D eigenvalue weighted by atomic mass is 19.1. The zero-order valence-electron chi connectivity index (χ0n) is 10.9. The Morgan fingerprint density at radius 3 is 2.74 bits per heavy atom. The molecule has 1 saturated heterocycles. The van der Waals surface area contributed by atoms with E-state index in [0.717, 1.165) is 32.1 Å². The summed E-state index contributed by atoms with van der Waals surface area (Å²) in [6.07, 6.45) is 1.88. The van der Waals surface area contributed by atoms with Gasteiger partial charge in [0, 0.05) is 19.8 Å². The van der Waals surface area contributed by atoms with Crippen molar-refractivity contribution < 1.29 is 19.0 Å². The van der Waals surface area contributed by atoms with Crippen LogP contribution in [-0.2, 0) is 4.74 Å². The maximum atomic E-state index is 13.7. The molecule has 0 radical (unpaired) electrons. The predicted octanol–water partition coefficient (Wildman–Crippen LogP) is 2.75. The average molecular weight is 267 g/mol. The molecule has 2 N–H and O–H groups in total. The predicted molar refractivity (Wildman–Crippen MR) is 70.0 cm³/mol. The summed E-state index contributed by atoms with van der Waals surface area (Å²) in [7, 11) is 0. The van der Waals surface area contributed by atoms with E-state index in [0.29, 0.717) is 12.2 Å². The first-order valence-electron chi connectivity index (χ1n) is 6.35. The lowest BCUT2D eigenvalue weighted by atomic mass is 9.82. The molecule has 0 spiro atoms. The number of ether oxygens (including phenoxy) is 1. The fraction of sp³-hybridized carbons (Fsp3) is 0.500. The van der Waals surface area contributed by atoms with Crippen LogP contribution in [0.3, 0.4) is 0 Å². The minimum atomic E-state index is -1.12. The maximum absolute atomic E-state index is 13.7. The molecule has 1 aromatic carbocycles. The van der Waals surface area contributed by atoms with Gasteiger partial charge in [0.25, 0.3) is 0 Å². The number of halogens is 1. The van der Waals surface area contributed by atoms with Gasteiger partial charge < -0.3 is 15.2 Å². The zero-order chi connectivity index (χ0) is 13.9. The highest BCUT2D eigenvalue weighted by Gasteiger charge is 2.27. The highest BCUT2D eigenvalue weighted by Crippen LogP contribution is 2.30. The van der Waals surface area contributed by atoms with E-state index >= 15 is 0 Å². The fourth-order valence-electron chi connectivity index (χ4n) is 2.14. The zero-order valence-corrected chi connectivity index (χ0v) is 10.9. The van der Waals surface area contributed by atoms with E-state index in [1.165, 1.54) is 12.1 Å². The van der Waals surface area contributed by atoms with Crippen molar-refractivity contribution in [2.75, 3.05) is 25.1 Å². The van der Waals surface area contributed by atoms with Crippen LogP contribution in [0.25, 0.3) is 0 Å². The number of rotatable bonds is 4. The standard InChI is InChI=1S/C14H18FNO3/c1-14(4-6-19-7-5-14)9-16-12-3-2-10(13(17)18)8-11(12)15/h2-3,8,16H,4-7,9H2,1H3,(H,17,18). The molecule has 0 unspecified atom stereocenters. The lowest BCUT2D eigenvalue weighted by Crippen LogP contribution is -2.33. The number of carboxylic acids is 1. The molecule has 0 atom stereocenters. The van der Waals surface area contributed by atoms with Gasteiger partial charge in [0.05, 0.1) is 11.3 Å². The summed E-state index contributed by atoms with van der Waals surface area (Å²) < 4.78 is 19.1. The summed E-state index contributed by atoms with van der Waals surface area (Å²) in [6.45, 7) is 4.27. The number of benzene rings is 1. The van der Waals surface area contributed by atoms with Crippen LogP contribution in [0, 0.1) is 11.2 Å². The van der Waals surface area contributed by atoms with Crippen molar-refractivity contribution in [1.29, 1.82) is 0 Å². The molecular formula is C14H18FNO3. The minimum absolute atomic E-state index is 0.0414. The second-order valence-corrected chi connectivity index (χ2v) is 5.28. The van der Waals surface area contributed by atoms with Crippen LogP contribution in [0.1, 0.15) is 30.1 Å². The summed E-state index contributed by atoms with van der Waals surface area (Å²) in [5, 5.41) is 11.8. The van der Waals surface area contributed by atoms with Crippen molar-refractivity contribution >= 4 is 11.7 Å². The monoisotopic (exact) mass is 267 g/mol. The number of carbonyl (C=O) groups is 1. The lowest BCUT2D eigenvalue weighted by Gasteiger charge is -2.34. The first kappa shape index (κ1) is 13.8. The molecular weight excluding hydrogens is 249 g/mol. The van der Waals surface area contributed by atoms with E-state index in [1.54, 1.807) is 0 Å². The Labute approximate surface area is 111 Å². The van der Waals surface area contributed by atoms with Gasteiger partial charge in [-0.15, -0.1) is 0 Å². The van der Waals surface area contributed by atoms with Gasteiger partial charge in [-0.2, -0.15) is 0 Å². The van der Waals surface area contributed by atoms with Crippen molar-refractivity contribution in [2.24, 2.45) is 5.41 Å². The van der Waals surface area contributed by atoms with Gasteiger partial charge in [0.2, 0.25) is 0 Å². The topological polar surface area (TPSA) is 58.6 Å². The van der Waals surface area contributed by atoms with Crippen molar-refractivity contribution in [1.82, 2.24) is 0 Å². The van der Waals surface area contributed by atoms with Gasteiger partial charge in [0.15, 0.2) is 0 Å². The molecule has 4 nitrogen and oxygen atoms in total. The molecule has 104 valence electrons. The summed E-state index contributed by atoms with van der Waals surface area (Å²) >= 11 is 0. The third kappa shape index (κ3) is 3.44. The number of anilines is 1. The third-order valence-electron chi connectivity index (χ3n) is 3.62. The molecule has 0 bridgehead atoms. The number of carboxylic acid groups (broad SMARTS) is 1. The van der Waals surface area contributed by atoms with E-state index in [4.69, 9.17) is 9.84 Å². The smallest absolute Gasteiger partial charge is 0.335 e. The Bertz CT molecular complexity index is 470. The van der Waals surface area contributed by atoms with Gasteiger partial charge >= 0.3 is 5.97 Å². The first-order chi connectivity index (χ1) is 9.00. The Balaban J connectivity index is 2.01. The van der Waals surface area contributed by atoms with Gasteiger partial charge in [-0.1, -0.05) is 6.92 Å². The molecule has 0 aliphatic carbocycles. The molecule has 0 aromatic heterocycles. The summed E-state index contributed by atoms with van der Waals surface area (Å²) in [4.78, 5) is 10.7. The van der Waals surface area contributed by atoms with E-state index in [9.17, 15) is 9.18 Å². The number of aromatic carboxylic acids is 1. The van der Waals surface area contributed by atoms with Gasteiger partial charge in [-0.25, -0.2) is 9.18 Å². The van der Waals surface area contributed by atoms with E-state index < -0.39 is 11.8 Å². The number of hydrogen-bond donors (Lipinski definition) is 2. The van der Waals surface area contributed by atoms with Crippen LogP contribution in [0.15, 0.2) is 18.2 Å². The van der Waals surface area contributed by atoms with Crippen LogP contribution in [0.5, 0.6) is 0 Å².